The fourth-order valence-electron chi connectivity index (χ4n) is 3.13. The lowest BCUT2D eigenvalue weighted by Crippen LogP contribution is -2.49. The van der Waals surface area contributed by atoms with Crippen molar-refractivity contribution in [1.29, 1.82) is 0 Å². The number of hydrogen-bond donors (Lipinski definition) is 0. The summed E-state index contributed by atoms with van der Waals surface area (Å²) in [5, 5.41) is 4.96. The quantitative estimate of drug-likeness (QED) is 0.749. The molecule has 0 spiro atoms. The molecule has 7 nitrogen and oxygen atoms in total. The first-order chi connectivity index (χ1) is 12.7. The van der Waals surface area contributed by atoms with E-state index in [0.29, 0.717) is 43.3 Å². The average molecular weight is 411 g/mol. The van der Waals surface area contributed by atoms with Gasteiger partial charge in [0, 0.05) is 44.0 Å². The maximum absolute atomic E-state index is 12.9. The van der Waals surface area contributed by atoms with Crippen LogP contribution in [-0.2, 0) is 9.84 Å². The molecule has 0 bridgehead atoms. The molecule has 2 heterocycles. The van der Waals surface area contributed by atoms with Crippen LogP contribution < -0.4 is 0 Å². The Balaban J connectivity index is 1.66. The van der Waals surface area contributed by atoms with Gasteiger partial charge in [0.1, 0.15) is 9.84 Å². The second kappa shape index (κ2) is 8.00. The number of carbonyl (C=O) groups is 1. The Morgan fingerprint density at radius 3 is 2.56 bits per heavy atom. The van der Waals surface area contributed by atoms with Gasteiger partial charge in [-0.1, -0.05) is 17.7 Å². The normalized spacial score (nSPS) is 15.9. The summed E-state index contributed by atoms with van der Waals surface area (Å²) in [6.07, 6.45) is 2.84. The number of benzene rings is 1. The number of hydrogen-bond acceptors (Lipinski definition) is 5. The molecule has 0 atom stereocenters. The van der Waals surface area contributed by atoms with Gasteiger partial charge in [-0.3, -0.25) is 9.69 Å². The van der Waals surface area contributed by atoms with Gasteiger partial charge in [0.15, 0.2) is 0 Å². The van der Waals surface area contributed by atoms with Crippen LogP contribution in [0.15, 0.2) is 30.5 Å². The minimum atomic E-state index is -2.97. The van der Waals surface area contributed by atoms with Crippen molar-refractivity contribution in [1.82, 2.24) is 19.6 Å². The molecule has 1 aromatic heterocycles. The number of nitrogens with zero attached hydrogens (tertiary/aromatic N) is 4. The van der Waals surface area contributed by atoms with Crippen molar-refractivity contribution in [2.45, 2.75) is 6.92 Å². The van der Waals surface area contributed by atoms with Crippen LogP contribution in [0.5, 0.6) is 0 Å². The number of sulfone groups is 1. The smallest absolute Gasteiger partial charge is 0.257 e. The number of aromatic nitrogens is 2. The zero-order valence-electron chi connectivity index (χ0n) is 15.4. The van der Waals surface area contributed by atoms with E-state index in [1.54, 1.807) is 27.9 Å². The molecule has 0 radical (unpaired) electrons. The van der Waals surface area contributed by atoms with Crippen molar-refractivity contribution in [3.05, 3.63) is 46.7 Å². The molecule has 9 heteroatoms. The van der Waals surface area contributed by atoms with Gasteiger partial charge < -0.3 is 4.90 Å². The summed E-state index contributed by atoms with van der Waals surface area (Å²) in [5.41, 5.74) is 2.14. The van der Waals surface area contributed by atoms with E-state index in [-0.39, 0.29) is 11.7 Å². The number of amides is 1. The third kappa shape index (κ3) is 4.88. The summed E-state index contributed by atoms with van der Waals surface area (Å²) < 4.78 is 24.3. The minimum absolute atomic E-state index is 0.0523. The Bertz CT molecular complexity index is 934. The molecule has 1 aromatic carbocycles. The fraction of sp³-hybridized carbons (Fsp3) is 0.444. The van der Waals surface area contributed by atoms with Crippen LogP contribution >= 0.6 is 11.6 Å². The van der Waals surface area contributed by atoms with Crippen molar-refractivity contribution in [2.24, 2.45) is 0 Å². The minimum Gasteiger partial charge on any atom is -0.336 e. The number of halogens is 1. The molecular formula is C18H23ClN4O3S. The predicted molar refractivity (Wildman–Crippen MR) is 105 cm³/mol. The Hall–Kier alpha value is -1.90. The standard InChI is InChI=1S/C18H23ClN4O3S/c1-14-17(13-20-23(14)16-5-3-4-15(19)12-16)18(24)22-8-6-21(7-9-22)10-11-27(2,25)26/h3-5,12-13H,6-11H2,1-2H3. The van der Waals surface area contributed by atoms with E-state index >= 15 is 0 Å². The number of rotatable bonds is 5. The first kappa shape index (κ1) is 19.9. The molecule has 2 aromatic rings. The van der Waals surface area contributed by atoms with Gasteiger partial charge in [0.2, 0.25) is 0 Å². The molecule has 27 heavy (non-hydrogen) atoms. The summed E-state index contributed by atoms with van der Waals surface area (Å²) in [4.78, 5) is 16.8. The maximum atomic E-state index is 12.9. The molecule has 0 aliphatic carbocycles. The van der Waals surface area contributed by atoms with Crippen LogP contribution in [0.3, 0.4) is 0 Å². The molecule has 1 aliphatic rings. The molecular weight excluding hydrogens is 388 g/mol. The van der Waals surface area contributed by atoms with Crippen LogP contribution in [0.4, 0.5) is 0 Å². The van der Waals surface area contributed by atoms with Crippen molar-refractivity contribution < 1.29 is 13.2 Å². The molecule has 146 valence electrons. The molecule has 1 saturated heterocycles. The number of carbonyl (C=O) groups excluding carboxylic acids is 1. The Morgan fingerprint density at radius 2 is 1.93 bits per heavy atom. The number of piperazine rings is 1. The van der Waals surface area contributed by atoms with Crippen molar-refractivity contribution >= 4 is 27.3 Å². The highest BCUT2D eigenvalue weighted by Crippen LogP contribution is 2.19. The third-order valence-corrected chi connectivity index (χ3v) is 5.89. The van der Waals surface area contributed by atoms with Crippen molar-refractivity contribution in [3.8, 4) is 5.69 Å². The lowest BCUT2D eigenvalue weighted by Gasteiger charge is -2.34. The lowest BCUT2D eigenvalue weighted by molar-refractivity contribution is 0.0643. The van der Waals surface area contributed by atoms with Gasteiger partial charge in [0.05, 0.1) is 28.9 Å². The fourth-order valence-corrected chi connectivity index (χ4v) is 3.90. The van der Waals surface area contributed by atoms with E-state index in [9.17, 15) is 13.2 Å². The van der Waals surface area contributed by atoms with Crippen molar-refractivity contribution in [3.63, 3.8) is 0 Å². The summed E-state index contributed by atoms with van der Waals surface area (Å²) in [6.45, 7) is 4.86. The average Bonchev–Trinajstić information content (AvgIpc) is 3.01. The van der Waals surface area contributed by atoms with E-state index in [1.807, 2.05) is 19.1 Å². The van der Waals surface area contributed by atoms with Gasteiger partial charge >= 0.3 is 0 Å². The molecule has 1 aliphatic heterocycles. The van der Waals surface area contributed by atoms with Crippen LogP contribution in [-0.4, -0.2) is 78.6 Å². The van der Waals surface area contributed by atoms with Gasteiger partial charge in [0.25, 0.3) is 5.91 Å². The predicted octanol–water partition coefficient (Wildman–Crippen LogP) is 1.64. The molecule has 3 rings (SSSR count). The van der Waals surface area contributed by atoms with Gasteiger partial charge in [-0.25, -0.2) is 13.1 Å². The third-order valence-electron chi connectivity index (χ3n) is 4.73. The highest BCUT2D eigenvalue weighted by atomic mass is 35.5. The monoisotopic (exact) mass is 410 g/mol. The molecule has 0 unspecified atom stereocenters. The van der Waals surface area contributed by atoms with Crippen LogP contribution in [0.2, 0.25) is 5.02 Å². The largest absolute Gasteiger partial charge is 0.336 e. The lowest BCUT2D eigenvalue weighted by atomic mass is 10.2. The molecule has 0 N–H and O–H groups in total. The molecule has 1 amide bonds. The zero-order chi connectivity index (χ0) is 19.6. The Kier molecular flexibility index (Phi) is 5.88. The van der Waals surface area contributed by atoms with Crippen LogP contribution in [0, 0.1) is 6.92 Å². The topological polar surface area (TPSA) is 75.5 Å². The summed E-state index contributed by atoms with van der Waals surface area (Å²) in [6, 6.07) is 7.33. The first-order valence-electron chi connectivity index (χ1n) is 8.74. The van der Waals surface area contributed by atoms with E-state index in [0.717, 1.165) is 11.4 Å². The highest BCUT2D eigenvalue weighted by molar-refractivity contribution is 7.90. The van der Waals surface area contributed by atoms with E-state index in [2.05, 4.69) is 10.00 Å². The Labute approximate surface area is 164 Å². The first-order valence-corrected chi connectivity index (χ1v) is 11.2. The molecule has 0 saturated carbocycles. The summed E-state index contributed by atoms with van der Waals surface area (Å²) >= 11 is 6.05. The SMILES string of the molecule is Cc1c(C(=O)N2CCN(CCS(C)(=O)=O)CC2)cnn1-c1cccc(Cl)c1. The van der Waals surface area contributed by atoms with Crippen LogP contribution in [0.1, 0.15) is 16.1 Å². The van der Waals surface area contributed by atoms with E-state index in [4.69, 9.17) is 11.6 Å². The second-order valence-electron chi connectivity index (χ2n) is 6.80. The van der Waals surface area contributed by atoms with Crippen LogP contribution in [0.25, 0.3) is 5.69 Å². The van der Waals surface area contributed by atoms with Gasteiger partial charge in [-0.15, -0.1) is 0 Å². The maximum Gasteiger partial charge on any atom is 0.257 e. The van der Waals surface area contributed by atoms with E-state index < -0.39 is 9.84 Å². The second-order valence-corrected chi connectivity index (χ2v) is 9.50. The highest BCUT2D eigenvalue weighted by Gasteiger charge is 2.25. The molecule has 1 fully saturated rings. The van der Waals surface area contributed by atoms with E-state index in [1.165, 1.54) is 6.26 Å². The summed E-state index contributed by atoms with van der Waals surface area (Å²) in [7, 11) is -2.97. The van der Waals surface area contributed by atoms with Gasteiger partial charge in [-0.2, -0.15) is 5.10 Å². The van der Waals surface area contributed by atoms with Gasteiger partial charge in [-0.05, 0) is 25.1 Å². The summed E-state index contributed by atoms with van der Waals surface area (Å²) in [5.74, 6) is 0.0930. The van der Waals surface area contributed by atoms with Crippen molar-refractivity contribution in [2.75, 3.05) is 44.7 Å². The zero-order valence-corrected chi connectivity index (χ0v) is 17.0. The Morgan fingerprint density at radius 1 is 1.22 bits per heavy atom.